The molecule has 0 spiro atoms. The summed E-state index contributed by atoms with van der Waals surface area (Å²) in [5.74, 6) is 0.0227. The minimum Gasteiger partial charge on any atom is -0.485 e. The van der Waals surface area contributed by atoms with Crippen molar-refractivity contribution >= 4 is 5.78 Å². The molecule has 0 amide bonds. The van der Waals surface area contributed by atoms with Gasteiger partial charge in [-0.25, -0.2) is 4.39 Å². The molecule has 92 valence electrons. The van der Waals surface area contributed by atoms with Crippen LogP contribution in [0.15, 0.2) is 18.2 Å². The van der Waals surface area contributed by atoms with Crippen LogP contribution in [-0.2, 0) is 9.53 Å². The van der Waals surface area contributed by atoms with E-state index in [1.165, 1.54) is 12.1 Å². The maximum atomic E-state index is 13.0. The van der Waals surface area contributed by atoms with Crippen molar-refractivity contribution < 1.29 is 18.7 Å². The van der Waals surface area contributed by atoms with Gasteiger partial charge in [0.25, 0.3) is 0 Å². The number of hydrogen-bond donors (Lipinski definition) is 0. The van der Waals surface area contributed by atoms with Crippen molar-refractivity contribution in [3.8, 4) is 5.75 Å². The van der Waals surface area contributed by atoms with Gasteiger partial charge in [0.15, 0.2) is 5.78 Å². The Bertz CT molecular complexity index is 411. The van der Waals surface area contributed by atoms with Crippen molar-refractivity contribution in [3.63, 3.8) is 0 Å². The lowest BCUT2D eigenvalue weighted by molar-refractivity contribution is -0.124. The molecule has 0 aliphatic carbocycles. The number of ether oxygens (including phenoxy) is 2. The number of Topliss-reactive ketones (excluding diaryl/α,β-unsaturated/α-hetero) is 1. The van der Waals surface area contributed by atoms with Crippen molar-refractivity contribution in [2.24, 2.45) is 5.92 Å². The van der Waals surface area contributed by atoms with E-state index < -0.39 is 0 Å². The summed E-state index contributed by atoms with van der Waals surface area (Å²) in [7, 11) is 0. The summed E-state index contributed by atoms with van der Waals surface area (Å²) in [5.41, 5.74) is 0.821. The van der Waals surface area contributed by atoms with E-state index in [-0.39, 0.29) is 24.1 Å². The topological polar surface area (TPSA) is 35.5 Å². The summed E-state index contributed by atoms with van der Waals surface area (Å²) >= 11 is 0. The van der Waals surface area contributed by atoms with E-state index in [1.807, 2.05) is 6.92 Å². The normalized spacial score (nSPS) is 19.3. The van der Waals surface area contributed by atoms with Crippen molar-refractivity contribution in [1.29, 1.82) is 0 Å². The van der Waals surface area contributed by atoms with Gasteiger partial charge in [0.05, 0.1) is 6.61 Å². The minimum atomic E-state index is -0.359. The Kier molecular flexibility index (Phi) is 3.74. The van der Waals surface area contributed by atoms with Crippen LogP contribution in [0.25, 0.3) is 0 Å². The molecule has 3 nitrogen and oxygen atoms in total. The zero-order valence-corrected chi connectivity index (χ0v) is 9.74. The lowest BCUT2D eigenvalue weighted by atomic mass is 10.0. The molecule has 1 heterocycles. The van der Waals surface area contributed by atoms with Gasteiger partial charge in [0.1, 0.15) is 18.2 Å². The first-order valence-electron chi connectivity index (χ1n) is 5.66. The Morgan fingerprint density at radius 2 is 2.41 bits per heavy atom. The van der Waals surface area contributed by atoms with Gasteiger partial charge in [0.2, 0.25) is 0 Å². The van der Waals surface area contributed by atoms with Crippen LogP contribution in [-0.4, -0.2) is 25.6 Å². The number of aryl methyl sites for hydroxylation is 1. The first-order chi connectivity index (χ1) is 8.16. The summed E-state index contributed by atoms with van der Waals surface area (Å²) in [6, 6.07) is 4.30. The van der Waals surface area contributed by atoms with Gasteiger partial charge in [0, 0.05) is 18.6 Å². The van der Waals surface area contributed by atoms with E-state index in [1.54, 1.807) is 6.07 Å². The van der Waals surface area contributed by atoms with Gasteiger partial charge < -0.3 is 9.47 Å². The van der Waals surface area contributed by atoms with Gasteiger partial charge in [-0.05, 0) is 25.0 Å². The third kappa shape index (κ3) is 3.03. The van der Waals surface area contributed by atoms with Crippen molar-refractivity contribution in [2.75, 3.05) is 19.8 Å². The third-order valence-corrected chi connectivity index (χ3v) is 2.91. The summed E-state index contributed by atoms with van der Waals surface area (Å²) in [6.07, 6.45) is 0.754. The average Bonchev–Trinajstić information content (AvgIpc) is 2.83. The molecule has 1 unspecified atom stereocenters. The fourth-order valence-electron chi connectivity index (χ4n) is 1.78. The number of benzene rings is 1. The summed E-state index contributed by atoms with van der Waals surface area (Å²) in [4.78, 5) is 11.7. The highest BCUT2D eigenvalue weighted by atomic mass is 19.1. The molecule has 0 saturated carbocycles. The smallest absolute Gasteiger partial charge is 0.175 e. The standard InChI is InChI=1S/C13H15FO3/c1-9-2-3-11(14)6-13(9)17-8-12(15)10-4-5-16-7-10/h2-3,6,10H,4-5,7-8H2,1H3. The average molecular weight is 238 g/mol. The highest BCUT2D eigenvalue weighted by Gasteiger charge is 2.23. The predicted molar refractivity (Wildman–Crippen MR) is 60.6 cm³/mol. The number of carbonyl (C=O) groups excluding carboxylic acids is 1. The fraction of sp³-hybridized carbons (Fsp3) is 0.462. The molecule has 0 bridgehead atoms. The van der Waals surface area contributed by atoms with Crippen LogP contribution in [0, 0.1) is 18.7 Å². The Morgan fingerprint density at radius 1 is 1.59 bits per heavy atom. The number of rotatable bonds is 4. The molecule has 0 aromatic heterocycles. The second-order valence-electron chi connectivity index (χ2n) is 4.23. The van der Waals surface area contributed by atoms with E-state index in [9.17, 15) is 9.18 Å². The summed E-state index contributed by atoms with van der Waals surface area (Å²) < 4.78 is 23.5. The molecular weight excluding hydrogens is 223 g/mol. The largest absolute Gasteiger partial charge is 0.485 e. The van der Waals surface area contributed by atoms with Crippen LogP contribution < -0.4 is 4.74 Å². The van der Waals surface area contributed by atoms with Crippen LogP contribution in [0.1, 0.15) is 12.0 Å². The second-order valence-corrected chi connectivity index (χ2v) is 4.23. The lowest BCUT2D eigenvalue weighted by Gasteiger charge is -2.10. The molecule has 1 fully saturated rings. The SMILES string of the molecule is Cc1ccc(F)cc1OCC(=O)C1CCOC1. The van der Waals surface area contributed by atoms with Crippen LogP contribution in [0.3, 0.4) is 0 Å². The predicted octanol–water partition coefficient (Wildman–Crippen LogP) is 2.12. The highest BCUT2D eigenvalue weighted by Crippen LogP contribution is 2.20. The first kappa shape index (κ1) is 12.0. The number of ketones is 1. The van der Waals surface area contributed by atoms with E-state index in [4.69, 9.17) is 9.47 Å². The molecule has 1 saturated heterocycles. The quantitative estimate of drug-likeness (QED) is 0.806. The molecule has 1 atom stereocenters. The molecule has 1 aliphatic heterocycles. The van der Waals surface area contributed by atoms with Crippen molar-refractivity contribution in [1.82, 2.24) is 0 Å². The molecule has 17 heavy (non-hydrogen) atoms. The van der Waals surface area contributed by atoms with Crippen LogP contribution in [0.5, 0.6) is 5.75 Å². The molecule has 0 N–H and O–H groups in total. The molecule has 1 aromatic rings. The third-order valence-electron chi connectivity index (χ3n) is 2.91. The lowest BCUT2D eigenvalue weighted by Crippen LogP contribution is -2.21. The molecule has 1 aliphatic rings. The fourth-order valence-corrected chi connectivity index (χ4v) is 1.78. The summed E-state index contributed by atoms with van der Waals surface area (Å²) in [6.45, 7) is 2.91. The van der Waals surface area contributed by atoms with E-state index in [0.717, 1.165) is 12.0 Å². The molecule has 4 heteroatoms. The Balaban J connectivity index is 1.92. The minimum absolute atomic E-state index is 0.0156. The number of halogens is 1. The van der Waals surface area contributed by atoms with Gasteiger partial charge in [-0.1, -0.05) is 6.07 Å². The van der Waals surface area contributed by atoms with Gasteiger partial charge >= 0.3 is 0 Å². The van der Waals surface area contributed by atoms with Gasteiger partial charge in [-0.3, -0.25) is 4.79 Å². The molecular formula is C13H15FO3. The monoisotopic (exact) mass is 238 g/mol. The molecule has 0 radical (unpaired) electrons. The van der Waals surface area contributed by atoms with Gasteiger partial charge in [-0.15, -0.1) is 0 Å². The summed E-state index contributed by atoms with van der Waals surface area (Å²) in [5, 5.41) is 0. The Labute approximate surface area is 99.5 Å². The van der Waals surface area contributed by atoms with E-state index in [2.05, 4.69) is 0 Å². The van der Waals surface area contributed by atoms with Crippen molar-refractivity contribution in [2.45, 2.75) is 13.3 Å². The van der Waals surface area contributed by atoms with Crippen LogP contribution in [0.4, 0.5) is 4.39 Å². The first-order valence-corrected chi connectivity index (χ1v) is 5.66. The van der Waals surface area contributed by atoms with Gasteiger partial charge in [-0.2, -0.15) is 0 Å². The van der Waals surface area contributed by atoms with E-state index in [0.29, 0.717) is 19.0 Å². The highest BCUT2D eigenvalue weighted by molar-refractivity contribution is 5.82. The number of hydrogen-bond acceptors (Lipinski definition) is 3. The second kappa shape index (κ2) is 5.27. The van der Waals surface area contributed by atoms with Crippen LogP contribution in [0.2, 0.25) is 0 Å². The Morgan fingerprint density at radius 3 is 3.12 bits per heavy atom. The molecule has 1 aromatic carbocycles. The number of carbonyl (C=O) groups is 1. The maximum Gasteiger partial charge on any atom is 0.175 e. The Hall–Kier alpha value is -1.42. The molecule has 2 rings (SSSR count). The van der Waals surface area contributed by atoms with E-state index >= 15 is 0 Å². The van der Waals surface area contributed by atoms with Crippen LogP contribution >= 0.6 is 0 Å². The zero-order valence-electron chi connectivity index (χ0n) is 9.74. The zero-order chi connectivity index (χ0) is 12.3. The maximum absolute atomic E-state index is 13.0. The van der Waals surface area contributed by atoms with Crippen molar-refractivity contribution in [3.05, 3.63) is 29.6 Å².